The van der Waals surface area contributed by atoms with Crippen LogP contribution in [0.5, 0.6) is 0 Å². The first-order chi connectivity index (χ1) is 14.0. The van der Waals surface area contributed by atoms with E-state index in [4.69, 9.17) is 0 Å². The maximum atomic E-state index is 13.5. The van der Waals surface area contributed by atoms with Gasteiger partial charge in [0.1, 0.15) is 10.7 Å². The molecule has 0 saturated heterocycles. The van der Waals surface area contributed by atoms with Crippen LogP contribution in [0.25, 0.3) is 0 Å². The third-order valence-corrected chi connectivity index (χ3v) is 6.28. The zero-order valence-electron chi connectivity index (χ0n) is 16.8. The molecule has 0 atom stereocenters. The Bertz CT molecular complexity index is 953. The van der Waals surface area contributed by atoms with E-state index in [0.717, 1.165) is 18.4 Å². The molecule has 1 saturated carbocycles. The lowest BCUT2D eigenvalue weighted by Crippen LogP contribution is -2.42. The molecule has 164 valence electrons. The van der Waals surface area contributed by atoms with Crippen molar-refractivity contribution < 1.29 is 12.8 Å². The normalized spacial score (nSPS) is 15.2. The van der Waals surface area contributed by atoms with Gasteiger partial charge in [-0.1, -0.05) is 12.1 Å². The highest BCUT2D eigenvalue weighted by atomic mass is 127. The van der Waals surface area contributed by atoms with Crippen molar-refractivity contribution >= 4 is 40.0 Å². The van der Waals surface area contributed by atoms with Gasteiger partial charge in [0.15, 0.2) is 5.96 Å². The summed E-state index contributed by atoms with van der Waals surface area (Å²) in [6.45, 7) is 3.77. The Morgan fingerprint density at radius 1 is 1.20 bits per heavy atom. The van der Waals surface area contributed by atoms with Crippen LogP contribution < -0.4 is 15.4 Å². The summed E-state index contributed by atoms with van der Waals surface area (Å²) in [5.41, 5.74) is 0.869. The van der Waals surface area contributed by atoms with Crippen LogP contribution in [0, 0.1) is 5.82 Å². The van der Waals surface area contributed by atoms with E-state index in [1.807, 2.05) is 13.0 Å². The Labute approximate surface area is 194 Å². The van der Waals surface area contributed by atoms with Gasteiger partial charge in [-0.2, -0.15) is 0 Å². The largest absolute Gasteiger partial charge is 0.357 e. The SMILES string of the molecule is CCNC(=NCC1(c2cccc(F)c2)CC1)NCCNS(=O)(=O)c1cccnc1.I. The monoisotopic (exact) mass is 547 g/mol. The number of hydrogen-bond donors (Lipinski definition) is 3. The number of guanidine groups is 1. The lowest BCUT2D eigenvalue weighted by Gasteiger charge is -2.16. The number of benzene rings is 1. The molecule has 7 nitrogen and oxygen atoms in total. The van der Waals surface area contributed by atoms with E-state index in [0.29, 0.717) is 25.6 Å². The molecule has 1 aliphatic rings. The number of pyridine rings is 1. The van der Waals surface area contributed by atoms with E-state index in [1.165, 1.54) is 24.5 Å². The Hall–Kier alpha value is -1.79. The molecule has 1 aliphatic carbocycles. The lowest BCUT2D eigenvalue weighted by atomic mass is 9.96. The van der Waals surface area contributed by atoms with E-state index < -0.39 is 10.0 Å². The molecular formula is C20H27FIN5O2S. The van der Waals surface area contributed by atoms with Crippen LogP contribution in [-0.4, -0.2) is 45.5 Å². The summed E-state index contributed by atoms with van der Waals surface area (Å²) in [6.07, 6.45) is 4.79. The molecule has 3 rings (SSSR count). The number of halogens is 2. The van der Waals surface area contributed by atoms with Crippen LogP contribution >= 0.6 is 24.0 Å². The minimum absolute atomic E-state index is 0. The minimum atomic E-state index is -3.58. The summed E-state index contributed by atoms with van der Waals surface area (Å²) >= 11 is 0. The predicted molar refractivity (Wildman–Crippen MR) is 126 cm³/mol. The number of hydrogen-bond acceptors (Lipinski definition) is 4. The molecular weight excluding hydrogens is 520 g/mol. The van der Waals surface area contributed by atoms with E-state index in [1.54, 1.807) is 18.2 Å². The molecule has 2 aromatic rings. The summed E-state index contributed by atoms with van der Waals surface area (Å²) in [7, 11) is -3.58. The highest BCUT2D eigenvalue weighted by Crippen LogP contribution is 2.48. The van der Waals surface area contributed by atoms with Gasteiger partial charge < -0.3 is 10.6 Å². The topological polar surface area (TPSA) is 95.5 Å². The maximum absolute atomic E-state index is 13.5. The zero-order chi connectivity index (χ0) is 20.7. The molecule has 0 aliphatic heterocycles. The van der Waals surface area contributed by atoms with Crippen LogP contribution in [-0.2, 0) is 15.4 Å². The van der Waals surface area contributed by atoms with Gasteiger partial charge in [-0.15, -0.1) is 24.0 Å². The number of aliphatic imine (C=N–C) groups is 1. The first-order valence-electron chi connectivity index (χ1n) is 9.63. The van der Waals surface area contributed by atoms with Gasteiger partial charge in [0, 0.05) is 37.4 Å². The second kappa shape index (κ2) is 11.0. The number of aromatic nitrogens is 1. The number of sulfonamides is 1. The van der Waals surface area contributed by atoms with Crippen LogP contribution in [0.3, 0.4) is 0 Å². The highest BCUT2D eigenvalue weighted by molar-refractivity contribution is 14.0. The zero-order valence-corrected chi connectivity index (χ0v) is 19.9. The molecule has 1 fully saturated rings. The summed E-state index contributed by atoms with van der Waals surface area (Å²) < 4.78 is 40.5. The lowest BCUT2D eigenvalue weighted by molar-refractivity contribution is 0.580. The molecule has 0 bridgehead atoms. The van der Waals surface area contributed by atoms with Gasteiger partial charge in [-0.05, 0) is 49.6 Å². The molecule has 1 aromatic heterocycles. The molecule has 0 spiro atoms. The van der Waals surface area contributed by atoms with E-state index >= 15 is 0 Å². The molecule has 1 aromatic carbocycles. The minimum Gasteiger partial charge on any atom is -0.357 e. The van der Waals surface area contributed by atoms with E-state index in [9.17, 15) is 12.8 Å². The van der Waals surface area contributed by atoms with Gasteiger partial charge in [-0.3, -0.25) is 9.98 Å². The smallest absolute Gasteiger partial charge is 0.242 e. The van der Waals surface area contributed by atoms with E-state index in [2.05, 4.69) is 25.3 Å². The molecule has 0 radical (unpaired) electrons. The summed E-state index contributed by atoms with van der Waals surface area (Å²) in [5.74, 6) is 0.374. The van der Waals surface area contributed by atoms with Crippen molar-refractivity contribution in [3.8, 4) is 0 Å². The second-order valence-corrected chi connectivity index (χ2v) is 8.77. The van der Waals surface area contributed by atoms with Crippen molar-refractivity contribution in [1.82, 2.24) is 20.3 Å². The standard InChI is InChI=1S/C20H26FN5O2S.HI/c1-2-23-19(24-11-12-26-29(27,28)18-7-4-10-22-14-18)25-15-20(8-9-20)16-5-3-6-17(21)13-16;/h3-7,10,13-14,26H,2,8-9,11-12,15H2,1H3,(H2,23,24,25);1H. The fraction of sp³-hybridized carbons (Fsp3) is 0.400. The van der Waals surface area contributed by atoms with Crippen LogP contribution in [0.4, 0.5) is 4.39 Å². The first-order valence-corrected chi connectivity index (χ1v) is 11.1. The third-order valence-electron chi connectivity index (χ3n) is 4.83. The van der Waals surface area contributed by atoms with Crippen molar-refractivity contribution in [1.29, 1.82) is 0 Å². The number of nitrogens with zero attached hydrogens (tertiary/aromatic N) is 2. The highest BCUT2D eigenvalue weighted by Gasteiger charge is 2.44. The Morgan fingerprint density at radius 3 is 2.63 bits per heavy atom. The maximum Gasteiger partial charge on any atom is 0.242 e. The molecule has 10 heteroatoms. The van der Waals surface area contributed by atoms with Crippen LogP contribution in [0.1, 0.15) is 25.3 Å². The predicted octanol–water partition coefficient (Wildman–Crippen LogP) is 2.40. The Kier molecular flexibility index (Phi) is 8.98. The van der Waals surface area contributed by atoms with Crippen molar-refractivity contribution in [2.75, 3.05) is 26.2 Å². The molecule has 30 heavy (non-hydrogen) atoms. The average molecular weight is 547 g/mol. The molecule has 0 unspecified atom stereocenters. The average Bonchev–Trinajstić information content (AvgIpc) is 3.51. The molecule has 3 N–H and O–H groups in total. The third kappa shape index (κ3) is 6.61. The van der Waals surface area contributed by atoms with E-state index in [-0.39, 0.29) is 46.6 Å². The molecule has 0 amide bonds. The Morgan fingerprint density at radius 2 is 2.00 bits per heavy atom. The van der Waals surface area contributed by atoms with Crippen LogP contribution in [0.15, 0.2) is 58.7 Å². The first kappa shape index (κ1) is 24.5. The van der Waals surface area contributed by atoms with Gasteiger partial charge in [0.2, 0.25) is 10.0 Å². The number of nitrogens with one attached hydrogen (secondary N) is 3. The van der Waals surface area contributed by atoms with Crippen molar-refractivity contribution in [2.24, 2.45) is 4.99 Å². The van der Waals surface area contributed by atoms with Gasteiger partial charge in [0.25, 0.3) is 0 Å². The Balaban J connectivity index is 0.00000320. The van der Waals surface area contributed by atoms with Gasteiger partial charge >= 0.3 is 0 Å². The van der Waals surface area contributed by atoms with Crippen molar-refractivity contribution in [3.63, 3.8) is 0 Å². The van der Waals surface area contributed by atoms with Crippen molar-refractivity contribution in [3.05, 3.63) is 60.2 Å². The number of rotatable bonds is 9. The van der Waals surface area contributed by atoms with Gasteiger partial charge in [0.05, 0.1) is 6.54 Å². The molecule has 1 heterocycles. The quantitative estimate of drug-likeness (QED) is 0.194. The fourth-order valence-electron chi connectivity index (χ4n) is 3.04. The van der Waals surface area contributed by atoms with Gasteiger partial charge in [-0.25, -0.2) is 17.5 Å². The second-order valence-electron chi connectivity index (χ2n) is 7.00. The van der Waals surface area contributed by atoms with Crippen LogP contribution in [0.2, 0.25) is 0 Å². The summed E-state index contributed by atoms with van der Waals surface area (Å²) in [6, 6.07) is 9.77. The summed E-state index contributed by atoms with van der Waals surface area (Å²) in [4.78, 5) is 8.59. The van der Waals surface area contributed by atoms with Crippen molar-refractivity contribution in [2.45, 2.75) is 30.1 Å². The summed E-state index contributed by atoms with van der Waals surface area (Å²) in [5, 5.41) is 6.28. The fourth-order valence-corrected chi connectivity index (χ4v) is 4.03.